The number of hydrogen-bond acceptors (Lipinski definition) is 5. The third kappa shape index (κ3) is 7.74. The van der Waals surface area contributed by atoms with Crippen LogP contribution in [-0.2, 0) is 14.3 Å². The van der Waals surface area contributed by atoms with Crippen molar-refractivity contribution in [2.75, 3.05) is 0 Å². The summed E-state index contributed by atoms with van der Waals surface area (Å²) in [6.07, 6.45) is 0. The van der Waals surface area contributed by atoms with Crippen LogP contribution in [0.5, 0.6) is 0 Å². The summed E-state index contributed by atoms with van der Waals surface area (Å²) in [5.41, 5.74) is -1.36. The summed E-state index contributed by atoms with van der Waals surface area (Å²) in [4.78, 5) is 36.6. The fourth-order valence-corrected chi connectivity index (χ4v) is 2.20. The van der Waals surface area contributed by atoms with Crippen LogP contribution < -0.4 is 16.0 Å². The van der Waals surface area contributed by atoms with Crippen LogP contribution in [0.25, 0.3) is 0 Å². The number of hydrogen-bond donors (Lipinski definition) is 3. The summed E-state index contributed by atoms with van der Waals surface area (Å²) in [5, 5.41) is 7.94. The SMILES string of the molecule is CC(NC(=S)NC(=O)c1ccccc1)C(=O)OC(C)(C)C(=O)NC(C)(C)C. The first kappa shape index (κ1) is 22.6. The van der Waals surface area contributed by atoms with E-state index in [1.54, 1.807) is 30.3 Å². The number of ether oxygens (including phenoxy) is 1. The number of carbonyl (C=O) groups excluding carboxylic acids is 3. The third-order valence-electron chi connectivity index (χ3n) is 3.36. The van der Waals surface area contributed by atoms with Crippen molar-refractivity contribution in [1.82, 2.24) is 16.0 Å². The fraction of sp³-hybridized carbons (Fsp3) is 0.474. The molecule has 27 heavy (non-hydrogen) atoms. The van der Waals surface area contributed by atoms with Gasteiger partial charge >= 0.3 is 5.97 Å². The third-order valence-corrected chi connectivity index (χ3v) is 3.58. The molecule has 1 aromatic rings. The van der Waals surface area contributed by atoms with Crippen molar-refractivity contribution in [3.8, 4) is 0 Å². The first-order valence-corrected chi connectivity index (χ1v) is 8.95. The molecule has 3 N–H and O–H groups in total. The van der Waals surface area contributed by atoms with Gasteiger partial charge in [-0.3, -0.25) is 14.9 Å². The van der Waals surface area contributed by atoms with Crippen LogP contribution in [0.2, 0.25) is 0 Å². The van der Waals surface area contributed by atoms with Gasteiger partial charge in [-0.25, -0.2) is 4.79 Å². The van der Waals surface area contributed by atoms with Gasteiger partial charge in [-0.05, 0) is 65.9 Å². The topological polar surface area (TPSA) is 96.5 Å². The summed E-state index contributed by atoms with van der Waals surface area (Å²) >= 11 is 5.06. The van der Waals surface area contributed by atoms with E-state index in [2.05, 4.69) is 16.0 Å². The van der Waals surface area contributed by atoms with Crippen LogP contribution in [0.1, 0.15) is 51.9 Å². The molecule has 0 aliphatic heterocycles. The molecule has 148 valence electrons. The number of rotatable bonds is 5. The molecule has 1 aromatic carbocycles. The molecule has 0 aliphatic rings. The van der Waals surface area contributed by atoms with Gasteiger partial charge in [-0.1, -0.05) is 18.2 Å². The van der Waals surface area contributed by atoms with Gasteiger partial charge in [-0.2, -0.15) is 0 Å². The summed E-state index contributed by atoms with van der Waals surface area (Å²) in [7, 11) is 0. The van der Waals surface area contributed by atoms with E-state index in [1.165, 1.54) is 20.8 Å². The lowest BCUT2D eigenvalue weighted by molar-refractivity contribution is -0.166. The highest BCUT2D eigenvalue weighted by Crippen LogP contribution is 2.13. The van der Waals surface area contributed by atoms with Crippen molar-refractivity contribution >= 4 is 35.1 Å². The Morgan fingerprint density at radius 3 is 2.11 bits per heavy atom. The normalized spacial score (nSPS) is 12.5. The van der Waals surface area contributed by atoms with E-state index in [1.807, 2.05) is 20.8 Å². The Kier molecular flexibility index (Phi) is 7.47. The Labute approximate surface area is 165 Å². The van der Waals surface area contributed by atoms with Crippen LogP contribution in [0.15, 0.2) is 30.3 Å². The molecule has 8 heteroatoms. The molecule has 0 aromatic heterocycles. The van der Waals surface area contributed by atoms with Crippen LogP contribution >= 0.6 is 12.2 Å². The molecule has 0 bridgehead atoms. The maximum absolute atomic E-state index is 12.3. The summed E-state index contributed by atoms with van der Waals surface area (Å²) in [6.45, 7) is 10.0. The monoisotopic (exact) mass is 393 g/mol. The minimum atomic E-state index is -1.35. The van der Waals surface area contributed by atoms with Crippen molar-refractivity contribution in [1.29, 1.82) is 0 Å². The Hall–Kier alpha value is -2.48. The molecule has 1 unspecified atom stereocenters. The highest BCUT2D eigenvalue weighted by Gasteiger charge is 2.35. The van der Waals surface area contributed by atoms with Crippen LogP contribution in [0.3, 0.4) is 0 Å². The van der Waals surface area contributed by atoms with E-state index < -0.39 is 35.0 Å². The molecular formula is C19H27N3O4S. The second-order valence-electron chi connectivity index (χ2n) is 7.65. The Bertz CT molecular complexity index is 711. The molecule has 0 saturated heterocycles. The molecule has 0 fully saturated rings. The zero-order valence-corrected chi connectivity index (χ0v) is 17.3. The Morgan fingerprint density at radius 1 is 1.04 bits per heavy atom. The van der Waals surface area contributed by atoms with Gasteiger partial charge in [-0.15, -0.1) is 0 Å². The van der Waals surface area contributed by atoms with Crippen molar-refractivity contribution in [2.24, 2.45) is 0 Å². The van der Waals surface area contributed by atoms with Crippen LogP contribution in [0.4, 0.5) is 0 Å². The first-order chi connectivity index (χ1) is 12.3. The van der Waals surface area contributed by atoms with E-state index in [0.717, 1.165) is 0 Å². The van der Waals surface area contributed by atoms with E-state index in [0.29, 0.717) is 5.56 Å². The number of amides is 2. The summed E-state index contributed by atoms with van der Waals surface area (Å²) < 4.78 is 5.31. The average molecular weight is 394 g/mol. The molecule has 2 amide bonds. The number of benzene rings is 1. The lowest BCUT2D eigenvalue weighted by atomic mass is 10.0. The number of thiocarbonyl (C=S) groups is 1. The van der Waals surface area contributed by atoms with Crippen molar-refractivity contribution in [3.63, 3.8) is 0 Å². The largest absolute Gasteiger partial charge is 0.448 e. The van der Waals surface area contributed by atoms with Crippen molar-refractivity contribution in [2.45, 2.75) is 58.7 Å². The van der Waals surface area contributed by atoms with E-state index in [4.69, 9.17) is 17.0 Å². The Morgan fingerprint density at radius 2 is 1.59 bits per heavy atom. The van der Waals surface area contributed by atoms with Crippen LogP contribution in [0, 0.1) is 0 Å². The van der Waals surface area contributed by atoms with E-state index >= 15 is 0 Å². The minimum Gasteiger partial charge on any atom is -0.448 e. The molecule has 1 rings (SSSR count). The maximum Gasteiger partial charge on any atom is 0.329 e. The predicted octanol–water partition coefficient (Wildman–Crippen LogP) is 1.92. The van der Waals surface area contributed by atoms with E-state index in [-0.39, 0.29) is 5.11 Å². The predicted molar refractivity (Wildman–Crippen MR) is 107 cm³/mol. The van der Waals surface area contributed by atoms with E-state index in [9.17, 15) is 14.4 Å². The van der Waals surface area contributed by atoms with Crippen molar-refractivity contribution in [3.05, 3.63) is 35.9 Å². The smallest absolute Gasteiger partial charge is 0.329 e. The van der Waals surface area contributed by atoms with Gasteiger partial charge in [0.15, 0.2) is 10.7 Å². The molecule has 0 saturated carbocycles. The quantitative estimate of drug-likeness (QED) is 0.522. The second kappa shape index (κ2) is 8.94. The summed E-state index contributed by atoms with van der Waals surface area (Å²) in [5.74, 6) is -1.46. The van der Waals surface area contributed by atoms with Gasteiger partial charge in [0.25, 0.3) is 11.8 Å². The lowest BCUT2D eigenvalue weighted by Crippen LogP contribution is -2.54. The van der Waals surface area contributed by atoms with Crippen molar-refractivity contribution < 1.29 is 19.1 Å². The number of carbonyl (C=O) groups is 3. The van der Waals surface area contributed by atoms with Gasteiger partial charge in [0.1, 0.15) is 6.04 Å². The molecule has 1 atom stereocenters. The lowest BCUT2D eigenvalue weighted by Gasteiger charge is -2.30. The van der Waals surface area contributed by atoms with Gasteiger partial charge < -0.3 is 15.4 Å². The minimum absolute atomic E-state index is 0.00903. The van der Waals surface area contributed by atoms with Crippen LogP contribution in [-0.4, -0.2) is 40.1 Å². The van der Waals surface area contributed by atoms with Gasteiger partial charge in [0.05, 0.1) is 0 Å². The fourth-order valence-electron chi connectivity index (χ4n) is 1.93. The zero-order chi connectivity index (χ0) is 20.8. The molecule has 0 heterocycles. The molecule has 7 nitrogen and oxygen atoms in total. The molecular weight excluding hydrogens is 366 g/mol. The van der Waals surface area contributed by atoms with Gasteiger partial charge in [0.2, 0.25) is 0 Å². The average Bonchev–Trinajstić information content (AvgIpc) is 2.53. The first-order valence-electron chi connectivity index (χ1n) is 8.54. The standard InChI is InChI=1S/C19H27N3O4S/c1-12(15(24)26-19(5,6)16(25)22-18(2,3)4)20-17(27)21-14(23)13-10-8-7-9-11-13/h7-12H,1-6H3,(H,22,25)(H2,20,21,23,27). The zero-order valence-electron chi connectivity index (χ0n) is 16.5. The highest BCUT2D eigenvalue weighted by molar-refractivity contribution is 7.80. The maximum atomic E-state index is 12.3. The number of nitrogens with one attached hydrogen (secondary N) is 3. The molecule has 0 aliphatic carbocycles. The summed E-state index contributed by atoms with van der Waals surface area (Å²) in [6, 6.07) is 7.70. The highest BCUT2D eigenvalue weighted by atomic mass is 32.1. The Balaban J connectivity index is 2.59. The molecule has 0 radical (unpaired) electrons. The van der Waals surface area contributed by atoms with Gasteiger partial charge in [0, 0.05) is 11.1 Å². The second-order valence-corrected chi connectivity index (χ2v) is 8.06. The molecule has 0 spiro atoms. The number of esters is 1.